The van der Waals surface area contributed by atoms with Gasteiger partial charge in [0.1, 0.15) is 23.7 Å². The van der Waals surface area contributed by atoms with Gasteiger partial charge in [0.2, 0.25) is 5.91 Å². The van der Waals surface area contributed by atoms with Crippen molar-refractivity contribution in [3.8, 4) is 5.75 Å². The summed E-state index contributed by atoms with van der Waals surface area (Å²) in [5.74, 6) is -0.256. The monoisotopic (exact) mass is 365 g/mol. The number of benzene rings is 1. The first-order valence-corrected chi connectivity index (χ1v) is 6.97. The van der Waals surface area contributed by atoms with E-state index in [4.69, 9.17) is 16.3 Å². The van der Waals surface area contributed by atoms with Crippen LogP contribution in [0.4, 0.5) is 23.2 Å². The van der Waals surface area contributed by atoms with Crippen LogP contribution in [0.15, 0.2) is 24.3 Å². The van der Waals surface area contributed by atoms with Crippen LogP contribution in [0.2, 0.25) is 5.02 Å². The van der Waals surface area contributed by atoms with E-state index in [0.29, 0.717) is 16.1 Å². The molecule has 0 aliphatic heterocycles. The van der Waals surface area contributed by atoms with E-state index in [0.717, 1.165) is 0 Å². The highest BCUT2D eigenvalue weighted by Crippen LogP contribution is 2.34. The van der Waals surface area contributed by atoms with Crippen molar-refractivity contribution in [1.29, 1.82) is 0 Å². The lowest BCUT2D eigenvalue weighted by atomic mass is 10.3. The van der Waals surface area contributed by atoms with E-state index in [2.05, 4.69) is 10.4 Å². The molecule has 0 atom stereocenters. The van der Waals surface area contributed by atoms with Gasteiger partial charge in [0.25, 0.3) is 12.9 Å². The third-order valence-corrected chi connectivity index (χ3v) is 3.40. The maximum absolute atomic E-state index is 13.0. The number of halogens is 5. The summed E-state index contributed by atoms with van der Waals surface area (Å²) in [6.45, 7) is -0.691. The molecule has 5 nitrogen and oxygen atoms in total. The highest BCUT2D eigenvalue weighted by atomic mass is 35.5. The first-order valence-electron chi connectivity index (χ1n) is 6.59. The summed E-state index contributed by atoms with van der Waals surface area (Å²) in [6.07, 6.45) is -6.28. The fraction of sp³-hybridized carbons (Fsp3) is 0.286. The van der Waals surface area contributed by atoms with Gasteiger partial charge in [-0.05, 0) is 12.1 Å². The van der Waals surface area contributed by atoms with Gasteiger partial charge in [-0.3, -0.25) is 9.48 Å². The predicted octanol–water partition coefficient (Wildman–Crippen LogP) is 4.06. The van der Waals surface area contributed by atoms with Crippen molar-refractivity contribution in [2.24, 2.45) is 0 Å². The molecule has 0 aliphatic carbocycles. The molecule has 130 valence electrons. The number of ether oxygens (including phenoxy) is 1. The molecule has 0 radical (unpaired) electrons. The molecule has 0 bridgehead atoms. The third kappa shape index (κ3) is 3.97. The Labute approximate surface area is 139 Å². The first kappa shape index (κ1) is 18.1. The number of alkyl halides is 4. The first-order chi connectivity index (χ1) is 11.3. The number of carbonyl (C=O) groups excluding carboxylic acids is 1. The maximum Gasteiger partial charge on any atom is 0.283 e. The smallest absolute Gasteiger partial charge is 0.283 e. The summed E-state index contributed by atoms with van der Waals surface area (Å²) in [5.41, 5.74) is -1.56. The Hall–Kier alpha value is -2.29. The molecule has 0 saturated carbocycles. The van der Waals surface area contributed by atoms with Crippen LogP contribution in [0.5, 0.6) is 5.75 Å². The number of amides is 1. The average molecular weight is 366 g/mol. The van der Waals surface area contributed by atoms with Crippen LogP contribution < -0.4 is 10.1 Å². The van der Waals surface area contributed by atoms with E-state index in [-0.39, 0.29) is 0 Å². The topological polar surface area (TPSA) is 56.1 Å². The van der Waals surface area contributed by atoms with Gasteiger partial charge in [0.15, 0.2) is 0 Å². The molecule has 2 rings (SSSR count). The van der Waals surface area contributed by atoms with Crippen LogP contribution in [0, 0.1) is 0 Å². The molecule has 1 heterocycles. The van der Waals surface area contributed by atoms with Gasteiger partial charge in [-0.25, -0.2) is 17.6 Å². The summed E-state index contributed by atoms with van der Waals surface area (Å²) in [7, 11) is 1.44. The van der Waals surface area contributed by atoms with Gasteiger partial charge in [0.05, 0.1) is 12.1 Å². The Morgan fingerprint density at radius 2 is 2.04 bits per heavy atom. The standard InChI is InChI=1S/C14H12ClF4N3O2/c1-24-8-4-2-3-7(5-8)20-9(23)6-22-12(14(18)19)10(15)11(21-22)13(16)17/h2-5,13-14H,6H2,1H3,(H,20,23). The van der Waals surface area contributed by atoms with E-state index in [1.807, 2.05) is 0 Å². The number of methoxy groups -OCH3 is 1. The Bertz CT molecular complexity index is 737. The highest BCUT2D eigenvalue weighted by Gasteiger charge is 2.28. The zero-order valence-electron chi connectivity index (χ0n) is 12.3. The fourth-order valence-electron chi connectivity index (χ4n) is 1.98. The summed E-state index contributed by atoms with van der Waals surface area (Å²) in [4.78, 5) is 12.0. The van der Waals surface area contributed by atoms with E-state index in [1.54, 1.807) is 18.2 Å². The molecule has 1 aromatic heterocycles. The van der Waals surface area contributed by atoms with Crippen molar-refractivity contribution in [2.75, 3.05) is 12.4 Å². The molecule has 0 saturated heterocycles. The number of nitrogens with one attached hydrogen (secondary N) is 1. The zero-order valence-corrected chi connectivity index (χ0v) is 13.0. The quantitative estimate of drug-likeness (QED) is 0.785. The molecule has 2 aromatic rings. The molecule has 0 unspecified atom stereocenters. The maximum atomic E-state index is 13.0. The number of hydrogen-bond acceptors (Lipinski definition) is 3. The largest absolute Gasteiger partial charge is 0.497 e. The van der Waals surface area contributed by atoms with E-state index in [1.165, 1.54) is 13.2 Å². The lowest BCUT2D eigenvalue weighted by Gasteiger charge is -2.09. The number of anilines is 1. The van der Waals surface area contributed by atoms with Crippen LogP contribution in [0.3, 0.4) is 0 Å². The molecule has 0 fully saturated rings. The SMILES string of the molecule is COc1cccc(NC(=O)Cn2nc(C(F)F)c(Cl)c2C(F)F)c1. The lowest BCUT2D eigenvalue weighted by Crippen LogP contribution is -2.21. The minimum Gasteiger partial charge on any atom is -0.497 e. The van der Waals surface area contributed by atoms with Crippen LogP contribution in [0.25, 0.3) is 0 Å². The number of nitrogens with zero attached hydrogens (tertiary/aromatic N) is 2. The van der Waals surface area contributed by atoms with Gasteiger partial charge in [-0.15, -0.1) is 0 Å². The van der Waals surface area contributed by atoms with Crippen LogP contribution in [-0.4, -0.2) is 22.8 Å². The minimum absolute atomic E-state index is 0.352. The number of aromatic nitrogens is 2. The van der Waals surface area contributed by atoms with Gasteiger partial charge < -0.3 is 10.1 Å². The Morgan fingerprint density at radius 1 is 1.33 bits per heavy atom. The molecule has 10 heteroatoms. The van der Waals surface area contributed by atoms with Crippen molar-refractivity contribution < 1.29 is 27.1 Å². The molecular weight excluding hydrogens is 354 g/mol. The zero-order chi connectivity index (χ0) is 17.9. The second-order valence-electron chi connectivity index (χ2n) is 4.62. The van der Waals surface area contributed by atoms with Gasteiger partial charge >= 0.3 is 0 Å². The summed E-state index contributed by atoms with van der Waals surface area (Å²) < 4.78 is 56.9. The van der Waals surface area contributed by atoms with E-state index < -0.39 is 41.7 Å². The second-order valence-corrected chi connectivity index (χ2v) is 5.00. The molecule has 1 N–H and O–H groups in total. The molecule has 1 aromatic carbocycles. The Balaban J connectivity index is 2.20. The van der Waals surface area contributed by atoms with E-state index in [9.17, 15) is 22.4 Å². The Morgan fingerprint density at radius 3 is 2.62 bits per heavy atom. The van der Waals surface area contributed by atoms with Crippen molar-refractivity contribution in [3.63, 3.8) is 0 Å². The summed E-state index contributed by atoms with van der Waals surface area (Å²) in [5, 5.41) is 4.91. The molecule has 24 heavy (non-hydrogen) atoms. The normalized spacial score (nSPS) is 11.2. The third-order valence-electron chi connectivity index (χ3n) is 3.02. The molecule has 0 spiro atoms. The fourth-order valence-corrected chi connectivity index (χ4v) is 2.28. The Kier molecular flexibility index (Phi) is 5.66. The van der Waals surface area contributed by atoms with Crippen molar-refractivity contribution in [3.05, 3.63) is 40.7 Å². The van der Waals surface area contributed by atoms with Gasteiger partial charge in [-0.1, -0.05) is 17.7 Å². The highest BCUT2D eigenvalue weighted by molar-refractivity contribution is 6.32. The lowest BCUT2D eigenvalue weighted by molar-refractivity contribution is -0.117. The average Bonchev–Trinajstić information content (AvgIpc) is 2.83. The second kappa shape index (κ2) is 7.52. The van der Waals surface area contributed by atoms with Crippen LogP contribution >= 0.6 is 11.6 Å². The number of hydrogen-bond donors (Lipinski definition) is 1. The van der Waals surface area contributed by atoms with Crippen LogP contribution in [0.1, 0.15) is 24.2 Å². The molecule has 1 amide bonds. The number of rotatable bonds is 6. The van der Waals surface area contributed by atoms with Gasteiger partial charge in [-0.2, -0.15) is 5.10 Å². The van der Waals surface area contributed by atoms with Crippen molar-refractivity contribution in [1.82, 2.24) is 9.78 Å². The summed E-state index contributed by atoms with van der Waals surface area (Å²) in [6, 6.07) is 6.31. The van der Waals surface area contributed by atoms with Crippen LogP contribution in [-0.2, 0) is 11.3 Å². The molecule has 0 aliphatic rings. The summed E-state index contributed by atoms with van der Waals surface area (Å²) >= 11 is 5.51. The van der Waals surface area contributed by atoms with Crippen molar-refractivity contribution >= 4 is 23.2 Å². The molecular formula is C14H12ClF4N3O2. The van der Waals surface area contributed by atoms with E-state index >= 15 is 0 Å². The van der Waals surface area contributed by atoms with Crippen molar-refractivity contribution in [2.45, 2.75) is 19.4 Å². The van der Waals surface area contributed by atoms with Gasteiger partial charge in [0, 0.05) is 11.8 Å². The minimum atomic E-state index is -3.15. The predicted molar refractivity (Wildman–Crippen MR) is 78.8 cm³/mol. The number of carbonyl (C=O) groups is 1.